The zero-order valence-corrected chi connectivity index (χ0v) is 19.6. The molecule has 1 saturated carbocycles. The smallest absolute Gasteiger partial charge is 0.326 e. The van der Waals surface area contributed by atoms with Crippen LogP contribution in [0, 0.1) is 5.82 Å². The van der Waals surface area contributed by atoms with Crippen LogP contribution >= 0.6 is 0 Å². The molecule has 10 nitrogen and oxygen atoms in total. The molecule has 1 fully saturated rings. The summed E-state index contributed by atoms with van der Waals surface area (Å²) in [6, 6.07) is 4.35. The predicted octanol–water partition coefficient (Wildman–Crippen LogP) is 5.11. The number of halogens is 3. The van der Waals surface area contributed by atoms with Gasteiger partial charge in [-0.2, -0.15) is 5.10 Å². The largest absolute Gasteiger partial charge is 0.383 e. The van der Waals surface area contributed by atoms with E-state index in [9.17, 15) is 18.0 Å². The van der Waals surface area contributed by atoms with Crippen LogP contribution in [0.3, 0.4) is 0 Å². The molecule has 0 unspecified atom stereocenters. The van der Waals surface area contributed by atoms with Gasteiger partial charge in [0.05, 0.1) is 22.8 Å². The van der Waals surface area contributed by atoms with Crippen LogP contribution in [-0.2, 0) is 5.41 Å². The molecule has 2 amide bonds. The van der Waals surface area contributed by atoms with Gasteiger partial charge in [-0.05, 0) is 12.1 Å². The summed E-state index contributed by atoms with van der Waals surface area (Å²) in [5.74, 6) is -3.30. The number of fused-ring (bicyclic) bond motifs is 1. The first-order valence-electron chi connectivity index (χ1n) is 11.1. The lowest BCUT2D eigenvalue weighted by Crippen LogP contribution is -2.37. The van der Waals surface area contributed by atoms with Crippen molar-refractivity contribution in [2.75, 3.05) is 16.4 Å². The third kappa shape index (κ3) is 4.32. The highest BCUT2D eigenvalue weighted by atomic mass is 19.3. The topological polar surface area (TPSA) is 137 Å². The summed E-state index contributed by atoms with van der Waals surface area (Å²) in [5.41, 5.74) is 7.17. The van der Waals surface area contributed by atoms with Gasteiger partial charge in [0.25, 0.3) is 5.92 Å². The van der Waals surface area contributed by atoms with Gasteiger partial charge in [-0.1, -0.05) is 32.0 Å². The normalized spacial score (nSPS) is 15.6. The maximum absolute atomic E-state index is 15.0. The van der Waals surface area contributed by atoms with Gasteiger partial charge >= 0.3 is 6.03 Å². The van der Waals surface area contributed by atoms with Gasteiger partial charge in [0.15, 0.2) is 5.65 Å². The number of nitrogens with zero attached hydrogens (tertiary/aromatic N) is 5. The maximum atomic E-state index is 15.0. The van der Waals surface area contributed by atoms with E-state index in [2.05, 4.69) is 30.9 Å². The fraction of sp³-hybridized carbons (Fsp3) is 0.348. The number of rotatable bonds is 4. The highest BCUT2D eigenvalue weighted by Gasteiger charge is 2.47. The van der Waals surface area contributed by atoms with Gasteiger partial charge in [0.1, 0.15) is 23.7 Å². The molecule has 4 aromatic rings. The number of carbonyl (C=O) groups is 1. The van der Waals surface area contributed by atoms with Crippen LogP contribution in [0.15, 0.2) is 35.1 Å². The summed E-state index contributed by atoms with van der Waals surface area (Å²) in [5, 5.41) is 13.6. The number of alkyl halides is 2. The van der Waals surface area contributed by atoms with Crippen LogP contribution in [0.25, 0.3) is 22.3 Å². The Hall–Kier alpha value is -4.16. The molecular formula is C23H23F3N8O2. The van der Waals surface area contributed by atoms with Crippen LogP contribution in [-0.4, -0.2) is 36.9 Å². The minimum absolute atomic E-state index is 0.0935. The number of carbonyl (C=O) groups excluding carboxylic acids is 1. The Balaban J connectivity index is 1.39. The number of nitrogens with two attached hydrogens (primary N) is 1. The Morgan fingerprint density at radius 1 is 1.19 bits per heavy atom. The molecular weight excluding hydrogens is 477 g/mol. The number of hydrogen-bond acceptors (Lipinski definition) is 7. The highest BCUT2D eigenvalue weighted by molar-refractivity contribution is 6.00. The molecule has 0 aliphatic heterocycles. The molecule has 3 heterocycles. The van der Waals surface area contributed by atoms with Crippen molar-refractivity contribution in [1.29, 1.82) is 0 Å². The summed E-state index contributed by atoms with van der Waals surface area (Å²) < 4.78 is 48.4. The van der Waals surface area contributed by atoms with Crippen LogP contribution in [0.1, 0.15) is 45.3 Å². The number of aromatic nitrogens is 5. The van der Waals surface area contributed by atoms with Crippen molar-refractivity contribution in [3.63, 3.8) is 0 Å². The predicted molar refractivity (Wildman–Crippen MR) is 126 cm³/mol. The number of anilines is 3. The van der Waals surface area contributed by atoms with Crippen LogP contribution < -0.4 is 16.4 Å². The van der Waals surface area contributed by atoms with Gasteiger partial charge in [-0.3, -0.25) is 5.32 Å². The van der Waals surface area contributed by atoms with E-state index in [0.717, 1.165) is 6.07 Å². The molecule has 1 aliphatic rings. The third-order valence-electron chi connectivity index (χ3n) is 5.94. The summed E-state index contributed by atoms with van der Waals surface area (Å²) >= 11 is 0. The molecule has 3 aromatic heterocycles. The second kappa shape index (κ2) is 8.21. The van der Waals surface area contributed by atoms with Gasteiger partial charge in [0, 0.05) is 29.9 Å². The van der Waals surface area contributed by atoms with E-state index in [1.807, 2.05) is 20.8 Å². The zero-order valence-electron chi connectivity index (χ0n) is 19.6. The summed E-state index contributed by atoms with van der Waals surface area (Å²) in [6.07, 6.45) is 0.478. The SMILES string of the molecule is CC(C)(C)c1cc(NC(=O)Nc2ccc(-c3nn(C4CC(F)(F)C4)c4ncnc(N)c34)cc2F)on1. The fourth-order valence-corrected chi connectivity index (χ4v) is 3.97. The van der Waals surface area contributed by atoms with Gasteiger partial charge in [0.2, 0.25) is 5.88 Å². The average Bonchev–Trinajstić information content (AvgIpc) is 3.39. The van der Waals surface area contributed by atoms with Crippen molar-refractivity contribution in [3.8, 4) is 11.3 Å². The first kappa shape index (κ1) is 23.6. The quantitative estimate of drug-likeness (QED) is 0.354. The molecule has 0 saturated heterocycles. The lowest BCUT2D eigenvalue weighted by molar-refractivity contribution is -0.105. The van der Waals surface area contributed by atoms with Crippen molar-refractivity contribution in [2.45, 2.75) is 51.0 Å². The number of hydrogen-bond donors (Lipinski definition) is 3. The lowest BCUT2D eigenvalue weighted by atomic mass is 9.88. The molecule has 188 valence electrons. The Kier molecular flexibility index (Phi) is 5.38. The minimum atomic E-state index is -2.76. The van der Waals surface area contributed by atoms with Gasteiger partial charge in [-0.15, -0.1) is 0 Å². The number of nitrogen functional groups attached to an aromatic ring is 1. The summed E-state index contributed by atoms with van der Waals surface area (Å²) in [4.78, 5) is 20.5. The minimum Gasteiger partial charge on any atom is -0.383 e. The Bertz CT molecular complexity index is 1470. The molecule has 1 aliphatic carbocycles. The standard InChI is InChI=1S/C23H23F3N8O2/c1-22(2,3)15-7-16(36-33-15)31-21(35)30-14-5-4-11(6-13(14)24)18-17-19(27)28-10-29-20(17)34(32-18)12-8-23(25,26)9-12/h4-7,10,12H,8-9H2,1-3H3,(H2,27,28,29)(H2,30,31,35). The molecule has 0 atom stereocenters. The van der Waals surface area contributed by atoms with Gasteiger partial charge < -0.3 is 15.6 Å². The summed E-state index contributed by atoms with van der Waals surface area (Å²) in [7, 11) is 0. The van der Waals surface area contributed by atoms with E-state index in [1.54, 1.807) is 6.07 Å². The third-order valence-corrected chi connectivity index (χ3v) is 5.94. The second-order valence-electron chi connectivity index (χ2n) is 9.77. The number of amides is 2. The Morgan fingerprint density at radius 3 is 2.58 bits per heavy atom. The molecule has 4 N–H and O–H groups in total. The van der Waals surface area contributed by atoms with Crippen LogP contribution in [0.4, 0.5) is 35.4 Å². The van der Waals surface area contributed by atoms with E-state index < -0.39 is 23.8 Å². The van der Waals surface area contributed by atoms with Crippen molar-refractivity contribution < 1.29 is 22.5 Å². The monoisotopic (exact) mass is 500 g/mol. The van der Waals surface area contributed by atoms with E-state index in [0.29, 0.717) is 22.3 Å². The van der Waals surface area contributed by atoms with Crippen molar-refractivity contribution in [1.82, 2.24) is 24.9 Å². The zero-order chi connectivity index (χ0) is 25.8. The molecule has 36 heavy (non-hydrogen) atoms. The van der Waals surface area contributed by atoms with Gasteiger partial charge in [-0.25, -0.2) is 32.6 Å². The number of nitrogens with one attached hydrogen (secondary N) is 2. The molecule has 13 heteroatoms. The molecule has 0 radical (unpaired) electrons. The molecule has 1 aromatic carbocycles. The van der Waals surface area contributed by atoms with E-state index in [-0.39, 0.29) is 41.3 Å². The van der Waals surface area contributed by atoms with E-state index >= 15 is 0 Å². The van der Waals surface area contributed by atoms with E-state index in [1.165, 1.54) is 23.1 Å². The second-order valence-corrected chi connectivity index (χ2v) is 9.77. The average molecular weight is 500 g/mol. The highest BCUT2D eigenvalue weighted by Crippen LogP contribution is 2.47. The first-order chi connectivity index (χ1) is 16.9. The maximum Gasteiger partial charge on any atom is 0.326 e. The molecule has 5 rings (SSSR count). The fourth-order valence-electron chi connectivity index (χ4n) is 3.97. The Morgan fingerprint density at radius 2 is 1.94 bits per heavy atom. The lowest BCUT2D eigenvalue weighted by Gasteiger charge is -2.34. The first-order valence-corrected chi connectivity index (χ1v) is 11.1. The van der Waals surface area contributed by atoms with Crippen molar-refractivity contribution in [3.05, 3.63) is 42.1 Å². The summed E-state index contributed by atoms with van der Waals surface area (Å²) in [6.45, 7) is 5.83. The molecule has 0 spiro atoms. The van der Waals surface area contributed by atoms with Crippen molar-refractivity contribution >= 4 is 34.5 Å². The van der Waals surface area contributed by atoms with E-state index in [4.69, 9.17) is 10.3 Å². The van der Waals surface area contributed by atoms with Crippen molar-refractivity contribution in [2.24, 2.45) is 0 Å². The Labute approximate surface area is 203 Å². The molecule has 0 bridgehead atoms. The number of benzene rings is 1. The van der Waals surface area contributed by atoms with Crippen LogP contribution in [0.2, 0.25) is 0 Å². The van der Waals surface area contributed by atoms with Crippen LogP contribution in [0.5, 0.6) is 0 Å². The number of urea groups is 1.